The molecule has 0 aliphatic rings. The van der Waals surface area contributed by atoms with Crippen LogP contribution in [-0.2, 0) is 4.79 Å². The zero-order valence-electron chi connectivity index (χ0n) is 5.42. The number of carbonyl (C=O) groups excluding carboxylic acids is 1. The molecule has 0 unspecified atom stereocenters. The van der Waals surface area contributed by atoms with Crippen molar-refractivity contribution >= 4 is 12.5 Å². The Bertz CT molecular complexity index is 107. The van der Waals surface area contributed by atoms with E-state index in [1.165, 1.54) is 0 Å². The van der Waals surface area contributed by atoms with Gasteiger partial charge >= 0.3 is 0 Å². The average molecular weight is 125 g/mol. The van der Waals surface area contributed by atoms with Crippen LogP contribution in [0, 0.1) is 0 Å². The summed E-state index contributed by atoms with van der Waals surface area (Å²) >= 11 is 0. The Hall–Kier alpha value is -0.920. The van der Waals surface area contributed by atoms with E-state index >= 15 is 0 Å². The molecule has 0 radical (unpaired) electrons. The zero-order chi connectivity index (χ0) is 6.95. The van der Waals surface area contributed by atoms with Gasteiger partial charge in [0.25, 0.3) is 0 Å². The van der Waals surface area contributed by atoms with Crippen molar-refractivity contribution in [2.24, 2.45) is 4.99 Å². The molecule has 0 aromatic rings. The minimum Gasteiger partial charge on any atom is -0.303 e. The predicted octanol–water partition coefficient (Wildman–Crippen LogP) is 1.22. The predicted molar refractivity (Wildman–Crippen MR) is 38.9 cm³/mol. The third-order valence-electron chi connectivity index (χ3n) is 0.777. The highest BCUT2D eigenvalue weighted by atomic mass is 16.1. The maximum absolute atomic E-state index is 9.76. The number of aldehydes is 1. The molecular weight excluding hydrogens is 114 g/mol. The summed E-state index contributed by atoms with van der Waals surface area (Å²) in [6.45, 7) is 4.15. The van der Waals surface area contributed by atoms with Gasteiger partial charge in [-0.3, -0.25) is 4.99 Å². The Morgan fingerprint density at radius 1 is 1.44 bits per heavy atom. The smallest absolute Gasteiger partial charge is 0.120 e. The van der Waals surface area contributed by atoms with Crippen molar-refractivity contribution in [2.75, 3.05) is 6.54 Å². The summed E-state index contributed by atoms with van der Waals surface area (Å²) in [6, 6.07) is 0. The fourth-order valence-corrected chi connectivity index (χ4v) is 0.383. The fraction of sp³-hybridized carbons (Fsp3) is 0.429. The van der Waals surface area contributed by atoms with Gasteiger partial charge in [-0.1, -0.05) is 6.08 Å². The maximum Gasteiger partial charge on any atom is 0.120 e. The van der Waals surface area contributed by atoms with Crippen LogP contribution in [0.15, 0.2) is 17.6 Å². The minimum absolute atomic E-state index is 0.570. The lowest BCUT2D eigenvalue weighted by molar-refractivity contribution is -0.107. The molecule has 0 bridgehead atoms. The summed E-state index contributed by atoms with van der Waals surface area (Å²) < 4.78 is 0. The quantitative estimate of drug-likeness (QED) is 0.235. The van der Waals surface area contributed by atoms with Crippen molar-refractivity contribution < 1.29 is 4.79 Å². The van der Waals surface area contributed by atoms with E-state index in [1.807, 2.05) is 0 Å². The maximum atomic E-state index is 9.76. The van der Waals surface area contributed by atoms with Gasteiger partial charge in [-0.05, 0) is 12.6 Å². The van der Waals surface area contributed by atoms with E-state index in [1.54, 1.807) is 12.3 Å². The zero-order valence-corrected chi connectivity index (χ0v) is 5.42. The second-order valence-electron chi connectivity index (χ2n) is 1.58. The molecule has 0 rings (SSSR count). The third-order valence-corrected chi connectivity index (χ3v) is 0.777. The highest BCUT2D eigenvalue weighted by Crippen LogP contribution is 1.78. The topological polar surface area (TPSA) is 29.4 Å². The normalized spacial score (nSPS) is 9.78. The summed E-state index contributed by atoms with van der Waals surface area (Å²) in [5.41, 5.74) is 0. The van der Waals surface area contributed by atoms with Crippen LogP contribution in [0.2, 0.25) is 0 Å². The number of unbranched alkanes of at least 4 members (excludes halogenated alkanes) is 1. The Kier molecular flexibility index (Phi) is 6.36. The molecule has 0 amide bonds. The highest BCUT2D eigenvalue weighted by molar-refractivity contribution is 5.63. The summed E-state index contributed by atoms with van der Waals surface area (Å²) in [5.74, 6) is 0. The summed E-state index contributed by atoms with van der Waals surface area (Å²) in [6.07, 6.45) is 5.67. The monoisotopic (exact) mass is 125 g/mol. The van der Waals surface area contributed by atoms with E-state index in [0.717, 1.165) is 12.7 Å². The van der Waals surface area contributed by atoms with Gasteiger partial charge in [-0.2, -0.15) is 0 Å². The van der Waals surface area contributed by atoms with Gasteiger partial charge in [0, 0.05) is 6.42 Å². The Morgan fingerprint density at radius 2 is 2.22 bits per heavy atom. The molecule has 2 nitrogen and oxygen atoms in total. The van der Waals surface area contributed by atoms with Gasteiger partial charge in [0.1, 0.15) is 6.29 Å². The van der Waals surface area contributed by atoms with E-state index in [4.69, 9.17) is 0 Å². The van der Waals surface area contributed by atoms with Crippen LogP contribution in [0.1, 0.15) is 12.8 Å². The van der Waals surface area contributed by atoms with Crippen LogP contribution < -0.4 is 0 Å². The average Bonchev–Trinajstić information content (AvgIpc) is 1.89. The molecule has 50 valence electrons. The molecule has 0 N–H and O–H groups in total. The van der Waals surface area contributed by atoms with Crippen LogP contribution >= 0.6 is 0 Å². The van der Waals surface area contributed by atoms with Crippen LogP contribution in [0.4, 0.5) is 0 Å². The first-order chi connectivity index (χ1) is 4.41. The molecule has 0 heterocycles. The van der Waals surface area contributed by atoms with E-state index < -0.39 is 0 Å². The van der Waals surface area contributed by atoms with E-state index in [2.05, 4.69) is 11.6 Å². The minimum atomic E-state index is 0.570. The number of nitrogens with zero attached hydrogens (tertiary/aromatic N) is 1. The number of aliphatic imine (C=N–C) groups is 1. The largest absolute Gasteiger partial charge is 0.303 e. The molecule has 0 aliphatic carbocycles. The lowest BCUT2D eigenvalue weighted by atomic mass is 10.4. The van der Waals surface area contributed by atoms with E-state index in [0.29, 0.717) is 13.0 Å². The summed E-state index contributed by atoms with van der Waals surface area (Å²) in [4.78, 5) is 13.7. The molecule has 0 aliphatic heterocycles. The number of hydrogen-bond acceptors (Lipinski definition) is 2. The Balaban J connectivity index is 3.03. The van der Waals surface area contributed by atoms with Crippen molar-refractivity contribution in [3.8, 4) is 0 Å². The summed E-state index contributed by atoms with van der Waals surface area (Å²) in [7, 11) is 0. The number of carbonyl (C=O) groups is 1. The van der Waals surface area contributed by atoms with Crippen LogP contribution in [0.3, 0.4) is 0 Å². The first kappa shape index (κ1) is 8.08. The molecule has 0 atom stereocenters. The highest BCUT2D eigenvalue weighted by Gasteiger charge is 1.75. The lowest BCUT2D eigenvalue weighted by Gasteiger charge is -1.81. The Labute approximate surface area is 55.3 Å². The second-order valence-corrected chi connectivity index (χ2v) is 1.58. The van der Waals surface area contributed by atoms with Gasteiger partial charge in [0.05, 0.1) is 6.54 Å². The van der Waals surface area contributed by atoms with Gasteiger partial charge < -0.3 is 4.79 Å². The van der Waals surface area contributed by atoms with Crippen molar-refractivity contribution in [3.05, 3.63) is 12.7 Å². The van der Waals surface area contributed by atoms with Crippen molar-refractivity contribution in [1.29, 1.82) is 0 Å². The van der Waals surface area contributed by atoms with E-state index in [-0.39, 0.29) is 0 Å². The first-order valence-electron chi connectivity index (χ1n) is 2.94. The molecule has 2 heteroatoms. The SMILES string of the molecule is C=CCN=CCCC=O. The second kappa shape index (κ2) is 7.08. The molecule has 9 heavy (non-hydrogen) atoms. The molecule has 0 saturated heterocycles. The fourth-order valence-electron chi connectivity index (χ4n) is 0.383. The first-order valence-corrected chi connectivity index (χ1v) is 2.94. The van der Waals surface area contributed by atoms with Gasteiger partial charge in [-0.25, -0.2) is 0 Å². The van der Waals surface area contributed by atoms with E-state index in [9.17, 15) is 4.79 Å². The number of rotatable bonds is 5. The van der Waals surface area contributed by atoms with Crippen LogP contribution in [0.25, 0.3) is 0 Å². The molecule has 0 fully saturated rings. The van der Waals surface area contributed by atoms with Crippen LogP contribution in [0.5, 0.6) is 0 Å². The third kappa shape index (κ3) is 7.08. The molecule has 0 aromatic carbocycles. The van der Waals surface area contributed by atoms with Gasteiger partial charge in [-0.15, -0.1) is 6.58 Å². The van der Waals surface area contributed by atoms with Crippen LogP contribution in [-0.4, -0.2) is 19.0 Å². The molecule has 0 spiro atoms. The molecular formula is C7H11NO. The standard InChI is InChI=1S/C7H11NO/c1-2-5-8-6-3-4-7-9/h2,6-7H,1,3-5H2. The number of hydrogen-bond donors (Lipinski definition) is 0. The Morgan fingerprint density at radius 3 is 2.78 bits per heavy atom. The summed E-state index contributed by atoms with van der Waals surface area (Å²) in [5, 5.41) is 0. The van der Waals surface area contributed by atoms with Crippen molar-refractivity contribution in [1.82, 2.24) is 0 Å². The lowest BCUT2D eigenvalue weighted by Crippen LogP contribution is -1.78. The van der Waals surface area contributed by atoms with Crippen molar-refractivity contribution in [3.63, 3.8) is 0 Å². The van der Waals surface area contributed by atoms with Crippen molar-refractivity contribution in [2.45, 2.75) is 12.8 Å². The molecule has 0 saturated carbocycles. The van der Waals surface area contributed by atoms with Gasteiger partial charge in [0.15, 0.2) is 0 Å². The van der Waals surface area contributed by atoms with Gasteiger partial charge in [0.2, 0.25) is 0 Å². The molecule has 0 aromatic heterocycles.